The Hall–Kier alpha value is -1.41. The Morgan fingerprint density at radius 3 is 2.06 bits per heavy atom. The first-order valence-corrected chi connectivity index (χ1v) is 5.48. The van der Waals surface area contributed by atoms with Crippen LogP contribution in [0.25, 0.3) is 0 Å². The minimum Gasteiger partial charge on any atom is -0.464 e. The molecular formula is C9H5ClF3NO3S. The van der Waals surface area contributed by atoms with Crippen molar-refractivity contribution in [2.45, 2.75) is 10.4 Å². The van der Waals surface area contributed by atoms with E-state index in [1.165, 1.54) is 0 Å². The number of halogens is 4. The molecule has 1 N–H and O–H groups in total. The van der Waals surface area contributed by atoms with Gasteiger partial charge in [-0.2, -0.15) is 13.2 Å². The monoisotopic (exact) mass is 299 g/mol. The molecule has 0 unspecified atom stereocenters. The van der Waals surface area contributed by atoms with E-state index in [2.05, 4.69) is 0 Å². The first-order chi connectivity index (χ1) is 8.20. The summed E-state index contributed by atoms with van der Waals surface area (Å²) in [6, 6.07) is 4.21. The van der Waals surface area contributed by atoms with Crippen molar-refractivity contribution in [1.82, 2.24) is 0 Å². The van der Waals surface area contributed by atoms with Crippen LogP contribution in [0.5, 0.6) is 0 Å². The van der Waals surface area contributed by atoms with E-state index in [9.17, 15) is 22.8 Å². The van der Waals surface area contributed by atoms with Crippen LogP contribution in [0.4, 0.5) is 28.4 Å². The van der Waals surface area contributed by atoms with Crippen LogP contribution in [0.15, 0.2) is 29.2 Å². The number of hydrogen-bond acceptors (Lipinski definition) is 3. The van der Waals surface area contributed by atoms with Crippen LogP contribution >= 0.6 is 23.4 Å². The zero-order valence-electron chi connectivity index (χ0n) is 8.44. The highest BCUT2D eigenvalue weighted by molar-refractivity contribution is 8.00. The van der Waals surface area contributed by atoms with Gasteiger partial charge in [0.15, 0.2) is 0 Å². The molecule has 98 valence electrons. The molecule has 0 saturated heterocycles. The van der Waals surface area contributed by atoms with Crippen molar-refractivity contribution in [3.8, 4) is 0 Å². The molecule has 2 amide bonds. The van der Waals surface area contributed by atoms with Crippen LogP contribution in [-0.2, 0) is 0 Å². The summed E-state index contributed by atoms with van der Waals surface area (Å²) in [5.74, 6) is 0. The van der Waals surface area contributed by atoms with E-state index in [1.54, 1.807) is 0 Å². The molecule has 0 atom stereocenters. The van der Waals surface area contributed by atoms with Crippen LogP contribution < -0.4 is 4.90 Å². The van der Waals surface area contributed by atoms with Gasteiger partial charge in [-0.1, -0.05) is 0 Å². The maximum Gasteiger partial charge on any atom is 0.446 e. The molecule has 0 radical (unpaired) electrons. The van der Waals surface area contributed by atoms with Crippen LogP contribution in [-0.4, -0.2) is 22.1 Å². The van der Waals surface area contributed by atoms with Gasteiger partial charge in [-0.05, 0) is 47.6 Å². The number of anilines is 1. The standard InChI is InChI=1S/C9H5ClF3NO3S/c10-7(15)14(8(16)17)5-1-3-6(4-2-5)18-9(11,12)13/h1-4H,(H,16,17). The Balaban J connectivity index is 2.94. The normalized spacial score (nSPS) is 11.1. The van der Waals surface area contributed by atoms with Crippen LogP contribution in [0.3, 0.4) is 0 Å². The molecular weight excluding hydrogens is 295 g/mol. The van der Waals surface area contributed by atoms with Gasteiger partial charge < -0.3 is 5.11 Å². The molecule has 1 aromatic rings. The highest BCUT2D eigenvalue weighted by Crippen LogP contribution is 2.37. The highest BCUT2D eigenvalue weighted by Gasteiger charge is 2.29. The van der Waals surface area contributed by atoms with E-state index < -0.39 is 17.0 Å². The first-order valence-electron chi connectivity index (χ1n) is 4.29. The summed E-state index contributed by atoms with van der Waals surface area (Å²) in [6.07, 6.45) is -1.62. The molecule has 0 heterocycles. The predicted octanol–water partition coefficient (Wildman–Crippen LogP) is 4.14. The maximum atomic E-state index is 12.0. The third-order valence-electron chi connectivity index (χ3n) is 1.70. The lowest BCUT2D eigenvalue weighted by Crippen LogP contribution is -2.31. The molecule has 0 fully saturated rings. The summed E-state index contributed by atoms with van der Waals surface area (Å²) in [7, 11) is 0. The third kappa shape index (κ3) is 4.11. The number of carbonyl (C=O) groups excluding carboxylic acids is 1. The quantitative estimate of drug-likeness (QED) is 0.506. The van der Waals surface area contributed by atoms with E-state index in [1.807, 2.05) is 0 Å². The van der Waals surface area contributed by atoms with Crippen molar-refractivity contribution >= 4 is 40.5 Å². The van der Waals surface area contributed by atoms with E-state index in [-0.39, 0.29) is 27.2 Å². The largest absolute Gasteiger partial charge is 0.464 e. The number of imide groups is 1. The van der Waals surface area contributed by atoms with Crippen LogP contribution in [0, 0.1) is 0 Å². The fourth-order valence-electron chi connectivity index (χ4n) is 1.08. The lowest BCUT2D eigenvalue weighted by atomic mass is 10.3. The molecule has 4 nitrogen and oxygen atoms in total. The lowest BCUT2D eigenvalue weighted by Gasteiger charge is -2.14. The Labute approximate surface area is 108 Å². The number of amides is 2. The number of thioether (sulfide) groups is 1. The maximum absolute atomic E-state index is 12.0. The van der Waals surface area contributed by atoms with Gasteiger partial charge in [0.1, 0.15) is 0 Å². The van der Waals surface area contributed by atoms with Crippen molar-refractivity contribution < 1.29 is 27.9 Å². The molecule has 1 aromatic carbocycles. The van der Waals surface area contributed by atoms with Crippen LogP contribution in [0.1, 0.15) is 0 Å². The molecule has 0 aliphatic carbocycles. The molecule has 0 aromatic heterocycles. The van der Waals surface area contributed by atoms with E-state index in [0.29, 0.717) is 0 Å². The lowest BCUT2D eigenvalue weighted by molar-refractivity contribution is -0.0328. The molecule has 18 heavy (non-hydrogen) atoms. The summed E-state index contributed by atoms with van der Waals surface area (Å²) >= 11 is 4.69. The average Bonchev–Trinajstić information content (AvgIpc) is 2.17. The van der Waals surface area contributed by atoms with Crippen molar-refractivity contribution in [3.63, 3.8) is 0 Å². The van der Waals surface area contributed by atoms with Gasteiger partial charge in [-0.25, -0.2) is 9.69 Å². The summed E-state index contributed by atoms with van der Waals surface area (Å²) in [6.45, 7) is 0. The van der Waals surface area contributed by atoms with Crippen molar-refractivity contribution in [1.29, 1.82) is 0 Å². The first kappa shape index (κ1) is 14.7. The van der Waals surface area contributed by atoms with Crippen molar-refractivity contribution in [3.05, 3.63) is 24.3 Å². The average molecular weight is 300 g/mol. The molecule has 1 rings (SSSR count). The Bertz CT molecular complexity index is 449. The van der Waals surface area contributed by atoms with E-state index in [4.69, 9.17) is 16.7 Å². The summed E-state index contributed by atoms with van der Waals surface area (Å²) in [5.41, 5.74) is -4.56. The molecule has 9 heteroatoms. The SMILES string of the molecule is O=C(O)N(C(=O)Cl)c1ccc(SC(F)(F)F)cc1. The summed E-state index contributed by atoms with van der Waals surface area (Å²) in [4.78, 5) is 21.6. The van der Waals surface area contributed by atoms with Crippen LogP contribution in [0.2, 0.25) is 0 Å². The van der Waals surface area contributed by atoms with Gasteiger partial charge in [0.25, 0.3) is 0 Å². The van der Waals surface area contributed by atoms with E-state index in [0.717, 1.165) is 24.3 Å². The minimum absolute atomic E-state index is 0.126. The molecule has 0 aliphatic heterocycles. The number of rotatable bonds is 2. The van der Waals surface area contributed by atoms with Gasteiger partial charge in [0.05, 0.1) is 5.69 Å². The number of carboxylic acid groups (broad SMARTS) is 1. The zero-order chi connectivity index (χ0) is 13.9. The molecule has 0 spiro atoms. The third-order valence-corrected chi connectivity index (χ3v) is 2.60. The van der Waals surface area contributed by atoms with Gasteiger partial charge in [0, 0.05) is 4.90 Å². The summed E-state index contributed by atoms with van der Waals surface area (Å²) < 4.78 is 36.1. The number of carbonyl (C=O) groups is 2. The van der Waals surface area contributed by atoms with Gasteiger partial charge in [-0.15, -0.1) is 0 Å². The van der Waals surface area contributed by atoms with Gasteiger partial charge in [0.2, 0.25) is 0 Å². The van der Waals surface area contributed by atoms with Crippen molar-refractivity contribution in [2.75, 3.05) is 4.90 Å². The molecule has 0 saturated carbocycles. The number of hydrogen-bond donors (Lipinski definition) is 1. The number of benzene rings is 1. The second-order valence-electron chi connectivity index (χ2n) is 2.91. The minimum atomic E-state index is -4.43. The topological polar surface area (TPSA) is 57.6 Å². The fourth-order valence-corrected chi connectivity index (χ4v) is 1.79. The smallest absolute Gasteiger partial charge is 0.446 e. The number of alkyl halides is 3. The fraction of sp³-hybridized carbons (Fsp3) is 0.111. The van der Waals surface area contributed by atoms with E-state index >= 15 is 0 Å². The molecule has 0 aliphatic rings. The Kier molecular flexibility index (Phi) is 4.47. The van der Waals surface area contributed by atoms with Gasteiger partial charge in [-0.3, -0.25) is 4.79 Å². The van der Waals surface area contributed by atoms with Crippen molar-refractivity contribution in [2.24, 2.45) is 0 Å². The Morgan fingerprint density at radius 1 is 1.22 bits per heavy atom. The second-order valence-corrected chi connectivity index (χ2v) is 4.37. The Morgan fingerprint density at radius 2 is 1.72 bits per heavy atom. The molecule has 0 bridgehead atoms. The zero-order valence-corrected chi connectivity index (χ0v) is 10.0. The second kappa shape index (κ2) is 5.49. The summed E-state index contributed by atoms with van der Waals surface area (Å²) in [5, 5.41) is 7.42. The number of nitrogens with zero attached hydrogens (tertiary/aromatic N) is 1. The highest BCUT2D eigenvalue weighted by atomic mass is 35.5. The predicted molar refractivity (Wildman–Crippen MR) is 60.1 cm³/mol. The van der Waals surface area contributed by atoms with Gasteiger partial charge >= 0.3 is 17.0 Å².